The van der Waals surface area contributed by atoms with E-state index < -0.39 is 18.8 Å². The number of carbonyl (C=O) groups excluding carboxylic acids is 1. The molecule has 0 saturated heterocycles. The molecule has 0 aromatic carbocycles. The molecule has 0 saturated carbocycles. The maximum Gasteiger partial charge on any atom is 0.405 e. The SMILES string of the molecule is Cn1cc(-c2cnc3c(-c4cncc(NC(=O)NCC(F)(F)F)c4)cnn3c2)cn1. The van der Waals surface area contributed by atoms with E-state index in [0.29, 0.717) is 16.8 Å². The lowest BCUT2D eigenvalue weighted by Crippen LogP contribution is -2.36. The lowest BCUT2D eigenvalue weighted by molar-refractivity contribution is -0.122. The van der Waals surface area contributed by atoms with Crippen molar-refractivity contribution in [2.75, 3.05) is 11.9 Å². The summed E-state index contributed by atoms with van der Waals surface area (Å²) < 4.78 is 39.9. The van der Waals surface area contributed by atoms with Gasteiger partial charge in [0.15, 0.2) is 5.65 Å². The zero-order valence-corrected chi connectivity index (χ0v) is 15.6. The summed E-state index contributed by atoms with van der Waals surface area (Å²) in [7, 11) is 1.82. The summed E-state index contributed by atoms with van der Waals surface area (Å²) in [5.41, 5.74) is 3.77. The van der Waals surface area contributed by atoms with E-state index in [2.05, 4.69) is 25.5 Å². The minimum Gasteiger partial charge on any atom is -0.329 e. The van der Waals surface area contributed by atoms with Gasteiger partial charge < -0.3 is 10.6 Å². The van der Waals surface area contributed by atoms with Gasteiger partial charge in [-0.25, -0.2) is 14.3 Å². The van der Waals surface area contributed by atoms with E-state index in [0.717, 1.165) is 11.1 Å². The second-order valence-corrected chi connectivity index (χ2v) is 6.46. The molecule has 4 rings (SSSR count). The number of alkyl halides is 3. The molecule has 0 bridgehead atoms. The number of carbonyl (C=O) groups is 1. The molecule has 0 aliphatic heterocycles. The molecule has 0 aliphatic carbocycles. The fourth-order valence-electron chi connectivity index (χ4n) is 2.81. The fourth-order valence-corrected chi connectivity index (χ4v) is 2.81. The quantitative estimate of drug-likeness (QED) is 0.533. The molecule has 0 spiro atoms. The van der Waals surface area contributed by atoms with Crippen molar-refractivity contribution >= 4 is 17.4 Å². The number of aromatic nitrogens is 6. The Morgan fingerprint density at radius 1 is 1.03 bits per heavy atom. The zero-order chi connectivity index (χ0) is 21.3. The van der Waals surface area contributed by atoms with E-state index in [1.807, 2.05) is 19.4 Å². The van der Waals surface area contributed by atoms with Crippen molar-refractivity contribution in [1.29, 1.82) is 0 Å². The molecular formula is C18H15F3N8O. The molecule has 0 aliphatic rings. The number of hydrogen-bond acceptors (Lipinski definition) is 5. The highest BCUT2D eigenvalue weighted by Gasteiger charge is 2.27. The predicted molar refractivity (Wildman–Crippen MR) is 101 cm³/mol. The Morgan fingerprint density at radius 2 is 1.83 bits per heavy atom. The first kappa shape index (κ1) is 19.4. The summed E-state index contributed by atoms with van der Waals surface area (Å²) in [6.45, 7) is -1.43. The number of nitrogens with zero attached hydrogens (tertiary/aromatic N) is 6. The largest absolute Gasteiger partial charge is 0.405 e. The molecule has 9 nitrogen and oxygen atoms in total. The highest BCUT2D eigenvalue weighted by molar-refractivity contribution is 5.90. The first-order chi connectivity index (χ1) is 14.3. The second kappa shape index (κ2) is 7.46. The lowest BCUT2D eigenvalue weighted by atomic mass is 10.1. The number of urea groups is 1. The number of anilines is 1. The van der Waals surface area contributed by atoms with Crippen molar-refractivity contribution < 1.29 is 18.0 Å². The van der Waals surface area contributed by atoms with Gasteiger partial charge in [-0.15, -0.1) is 0 Å². The van der Waals surface area contributed by atoms with Gasteiger partial charge in [-0.3, -0.25) is 9.67 Å². The monoisotopic (exact) mass is 416 g/mol. The maximum absolute atomic E-state index is 12.2. The van der Waals surface area contributed by atoms with Gasteiger partial charge >= 0.3 is 12.2 Å². The minimum absolute atomic E-state index is 0.235. The molecule has 4 aromatic rings. The topological polar surface area (TPSA) is 102 Å². The number of hydrogen-bond donors (Lipinski definition) is 2. The summed E-state index contributed by atoms with van der Waals surface area (Å²) in [6, 6.07) is 0.596. The van der Waals surface area contributed by atoms with Gasteiger partial charge in [0.2, 0.25) is 0 Å². The Bertz CT molecular complexity index is 1210. The fraction of sp³-hybridized carbons (Fsp3) is 0.167. The van der Waals surface area contributed by atoms with E-state index in [-0.39, 0.29) is 5.69 Å². The number of nitrogens with one attached hydrogen (secondary N) is 2. The summed E-state index contributed by atoms with van der Waals surface area (Å²) in [4.78, 5) is 20.2. The highest BCUT2D eigenvalue weighted by Crippen LogP contribution is 2.26. The van der Waals surface area contributed by atoms with Gasteiger partial charge in [-0.05, 0) is 6.07 Å². The normalized spacial score (nSPS) is 11.6. The van der Waals surface area contributed by atoms with E-state index in [1.54, 1.807) is 45.4 Å². The first-order valence-electron chi connectivity index (χ1n) is 8.68. The van der Waals surface area contributed by atoms with Gasteiger partial charge in [-0.2, -0.15) is 23.4 Å². The van der Waals surface area contributed by atoms with Gasteiger partial charge in [0.05, 0.1) is 24.3 Å². The molecule has 30 heavy (non-hydrogen) atoms. The van der Waals surface area contributed by atoms with Crippen LogP contribution in [-0.4, -0.2) is 48.1 Å². The van der Waals surface area contributed by atoms with Crippen molar-refractivity contribution in [3.63, 3.8) is 0 Å². The molecule has 2 amide bonds. The van der Waals surface area contributed by atoms with Crippen molar-refractivity contribution in [2.45, 2.75) is 6.18 Å². The van der Waals surface area contributed by atoms with Crippen molar-refractivity contribution in [3.05, 3.63) is 49.4 Å². The Morgan fingerprint density at radius 3 is 2.57 bits per heavy atom. The average Bonchev–Trinajstić information content (AvgIpc) is 3.32. The molecule has 4 heterocycles. The molecule has 154 valence electrons. The average molecular weight is 416 g/mol. The van der Waals surface area contributed by atoms with Gasteiger partial charge in [-0.1, -0.05) is 0 Å². The van der Waals surface area contributed by atoms with E-state index in [1.165, 1.54) is 6.20 Å². The van der Waals surface area contributed by atoms with E-state index >= 15 is 0 Å². The smallest absolute Gasteiger partial charge is 0.329 e. The van der Waals surface area contributed by atoms with Crippen LogP contribution in [0.15, 0.2) is 49.4 Å². The molecule has 4 aromatic heterocycles. The van der Waals surface area contributed by atoms with Crippen molar-refractivity contribution in [3.8, 4) is 22.3 Å². The Kier molecular flexibility index (Phi) is 4.82. The summed E-state index contributed by atoms with van der Waals surface area (Å²) in [5.74, 6) is 0. The van der Waals surface area contributed by atoms with Crippen molar-refractivity contribution in [2.24, 2.45) is 7.05 Å². The third kappa shape index (κ3) is 4.21. The molecule has 2 N–H and O–H groups in total. The van der Waals surface area contributed by atoms with Crippen LogP contribution >= 0.6 is 0 Å². The van der Waals surface area contributed by atoms with Crippen LogP contribution in [0.25, 0.3) is 27.9 Å². The Balaban J connectivity index is 1.57. The number of amides is 2. The Labute approximate surface area is 167 Å². The van der Waals surface area contributed by atoms with Crippen LogP contribution < -0.4 is 10.6 Å². The summed E-state index contributed by atoms with van der Waals surface area (Å²) >= 11 is 0. The highest BCUT2D eigenvalue weighted by atomic mass is 19.4. The molecule has 0 fully saturated rings. The van der Waals surface area contributed by atoms with Crippen LogP contribution in [0.3, 0.4) is 0 Å². The maximum atomic E-state index is 12.2. The predicted octanol–water partition coefficient (Wildman–Crippen LogP) is 2.88. The zero-order valence-electron chi connectivity index (χ0n) is 15.6. The van der Waals surface area contributed by atoms with Gasteiger partial charge in [0.25, 0.3) is 0 Å². The number of pyridine rings is 1. The standard InChI is InChI=1S/C18H15F3N8O/c1-28-8-13(5-25-28)12-4-23-16-15(7-26-29(16)9-12)11-2-14(6-22-3-11)27-17(30)24-10-18(19,20)21/h2-9H,10H2,1H3,(H2,24,27,30). The first-order valence-corrected chi connectivity index (χ1v) is 8.68. The minimum atomic E-state index is -4.49. The van der Waals surface area contributed by atoms with Crippen LogP contribution in [-0.2, 0) is 7.05 Å². The molecule has 12 heteroatoms. The van der Waals surface area contributed by atoms with E-state index in [9.17, 15) is 18.0 Å². The summed E-state index contributed by atoms with van der Waals surface area (Å²) in [6.07, 6.45) is 7.06. The number of fused-ring (bicyclic) bond motifs is 1. The van der Waals surface area contributed by atoms with Crippen LogP contribution in [0, 0.1) is 0 Å². The van der Waals surface area contributed by atoms with Gasteiger partial charge in [0, 0.05) is 54.1 Å². The number of rotatable bonds is 4. The van der Waals surface area contributed by atoms with Crippen LogP contribution in [0.4, 0.5) is 23.7 Å². The lowest BCUT2D eigenvalue weighted by Gasteiger charge is -2.10. The van der Waals surface area contributed by atoms with E-state index in [4.69, 9.17) is 0 Å². The van der Waals surface area contributed by atoms with Gasteiger partial charge in [0.1, 0.15) is 6.54 Å². The van der Waals surface area contributed by atoms with Crippen LogP contribution in [0.1, 0.15) is 0 Å². The molecule has 0 unspecified atom stereocenters. The van der Waals surface area contributed by atoms with Crippen LogP contribution in [0.5, 0.6) is 0 Å². The third-order valence-electron chi connectivity index (χ3n) is 4.15. The molecule has 0 radical (unpaired) electrons. The van der Waals surface area contributed by atoms with Crippen LogP contribution in [0.2, 0.25) is 0 Å². The molecular weight excluding hydrogens is 401 g/mol. The Hall–Kier alpha value is -3.96. The second-order valence-electron chi connectivity index (χ2n) is 6.46. The van der Waals surface area contributed by atoms with Crippen molar-refractivity contribution in [1.82, 2.24) is 34.7 Å². The number of halogens is 3. The third-order valence-corrected chi connectivity index (χ3v) is 4.15. The molecule has 0 atom stereocenters. The number of aryl methyl sites for hydroxylation is 1. The summed E-state index contributed by atoms with van der Waals surface area (Å²) in [5, 5.41) is 12.5.